The van der Waals surface area contributed by atoms with Crippen molar-refractivity contribution in [1.29, 1.82) is 0 Å². The van der Waals surface area contributed by atoms with Gasteiger partial charge in [0.05, 0.1) is 6.10 Å². The van der Waals surface area contributed by atoms with E-state index in [2.05, 4.69) is 22.6 Å². The van der Waals surface area contributed by atoms with Gasteiger partial charge in [-0.25, -0.2) is 4.98 Å². The van der Waals surface area contributed by atoms with E-state index >= 15 is 0 Å². The monoisotopic (exact) mass is 242 g/mol. The zero-order valence-corrected chi connectivity index (χ0v) is 10.8. The first-order valence-electron chi connectivity index (χ1n) is 6.11. The maximum atomic E-state index is 5.79. The summed E-state index contributed by atoms with van der Waals surface area (Å²) in [7, 11) is 0. The molecule has 0 fully saturated rings. The van der Waals surface area contributed by atoms with Gasteiger partial charge in [0.25, 0.3) is 0 Å². The summed E-state index contributed by atoms with van der Waals surface area (Å²) in [6, 6.07) is 6.11. The fraction of sp³-hybridized carbons (Fsp3) is 0.267. The molecule has 0 atom stereocenters. The zero-order chi connectivity index (χ0) is 13.0. The van der Waals surface area contributed by atoms with E-state index in [9.17, 15) is 0 Å². The topological polar surface area (TPSA) is 37.9 Å². The number of imidazole rings is 1. The maximum Gasteiger partial charge on any atom is 0.137 e. The molecule has 0 radical (unpaired) electrons. The molecule has 2 aromatic rings. The lowest BCUT2D eigenvalue weighted by Crippen LogP contribution is -2.07. The Morgan fingerprint density at radius 3 is 2.89 bits per heavy atom. The minimum atomic E-state index is 0.169. The standard InChI is InChI=1S/C15H18N2O/c1-4-5-12-10-13(15-16-8-9-17-15)6-7-14(12)18-11(2)3/h4,6-11H,1,5H2,2-3H3,(H,16,17). The Kier molecular flexibility index (Phi) is 3.82. The van der Waals surface area contributed by atoms with Crippen molar-refractivity contribution >= 4 is 0 Å². The highest BCUT2D eigenvalue weighted by Gasteiger charge is 2.08. The van der Waals surface area contributed by atoms with E-state index < -0.39 is 0 Å². The molecule has 1 N–H and O–H groups in total. The third-order valence-corrected chi connectivity index (χ3v) is 2.56. The molecule has 0 bridgehead atoms. The number of hydrogen-bond acceptors (Lipinski definition) is 2. The third kappa shape index (κ3) is 2.80. The van der Waals surface area contributed by atoms with Crippen LogP contribution in [-0.2, 0) is 6.42 Å². The molecular weight excluding hydrogens is 224 g/mol. The summed E-state index contributed by atoms with van der Waals surface area (Å²) in [6.45, 7) is 7.84. The Morgan fingerprint density at radius 2 is 2.28 bits per heavy atom. The average molecular weight is 242 g/mol. The van der Waals surface area contributed by atoms with Crippen LogP contribution >= 0.6 is 0 Å². The molecule has 3 heteroatoms. The van der Waals surface area contributed by atoms with Gasteiger partial charge in [0.2, 0.25) is 0 Å². The van der Waals surface area contributed by atoms with Crippen LogP contribution in [0.5, 0.6) is 5.75 Å². The summed E-state index contributed by atoms with van der Waals surface area (Å²) in [5.41, 5.74) is 2.19. The number of benzene rings is 1. The van der Waals surface area contributed by atoms with Crippen LogP contribution in [0.15, 0.2) is 43.2 Å². The van der Waals surface area contributed by atoms with Crippen molar-refractivity contribution in [3.8, 4) is 17.1 Å². The fourth-order valence-electron chi connectivity index (χ4n) is 1.83. The number of allylic oxidation sites excluding steroid dienone is 1. The van der Waals surface area contributed by atoms with Crippen molar-refractivity contribution in [2.24, 2.45) is 0 Å². The van der Waals surface area contributed by atoms with E-state index in [1.165, 1.54) is 0 Å². The lowest BCUT2D eigenvalue weighted by atomic mass is 10.1. The zero-order valence-electron chi connectivity index (χ0n) is 10.8. The predicted octanol–water partition coefficient (Wildman–Crippen LogP) is 3.59. The number of nitrogens with zero attached hydrogens (tertiary/aromatic N) is 1. The molecule has 0 saturated heterocycles. The second kappa shape index (κ2) is 5.54. The average Bonchev–Trinajstić information content (AvgIpc) is 2.84. The number of aromatic nitrogens is 2. The van der Waals surface area contributed by atoms with E-state index in [1.807, 2.05) is 38.3 Å². The van der Waals surface area contributed by atoms with Gasteiger partial charge in [0.15, 0.2) is 0 Å². The highest BCUT2D eigenvalue weighted by atomic mass is 16.5. The lowest BCUT2D eigenvalue weighted by Gasteiger charge is -2.14. The van der Waals surface area contributed by atoms with Gasteiger partial charge >= 0.3 is 0 Å². The first kappa shape index (κ1) is 12.4. The van der Waals surface area contributed by atoms with Crippen LogP contribution in [0.1, 0.15) is 19.4 Å². The minimum Gasteiger partial charge on any atom is -0.491 e. The summed E-state index contributed by atoms with van der Waals surface area (Å²) in [6.07, 6.45) is 6.41. The van der Waals surface area contributed by atoms with Crippen molar-refractivity contribution in [2.45, 2.75) is 26.4 Å². The molecule has 0 aliphatic rings. The normalized spacial score (nSPS) is 10.6. The van der Waals surface area contributed by atoms with Crippen molar-refractivity contribution in [2.75, 3.05) is 0 Å². The summed E-state index contributed by atoms with van der Waals surface area (Å²) in [5, 5.41) is 0. The third-order valence-electron chi connectivity index (χ3n) is 2.56. The summed E-state index contributed by atoms with van der Waals surface area (Å²) in [4.78, 5) is 7.36. The van der Waals surface area contributed by atoms with Crippen LogP contribution in [0, 0.1) is 0 Å². The molecule has 0 aliphatic carbocycles. The number of nitrogens with one attached hydrogen (secondary N) is 1. The Morgan fingerprint density at radius 1 is 1.44 bits per heavy atom. The Bertz CT molecular complexity index is 515. The second-order valence-electron chi connectivity index (χ2n) is 4.42. The predicted molar refractivity (Wildman–Crippen MR) is 73.7 cm³/mol. The highest BCUT2D eigenvalue weighted by Crippen LogP contribution is 2.26. The van der Waals surface area contributed by atoms with Gasteiger partial charge in [-0.15, -0.1) is 6.58 Å². The van der Waals surface area contributed by atoms with Gasteiger partial charge in [-0.1, -0.05) is 6.08 Å². The SMILES string of the molecule is C=CCc1cc(-c2ncc[nH]2)ccc1OC(C)C. The number of H-pyrrole nitrogens is 1. The second-order valence-corrected chi connectivity index (χ2v) is 4.42. The molecule has 94 valence electrons. The van der Waals surface area contributed by atoms with Crippen LogP contribution in [0.4, 0.5) is 0 Å². The first-order chi connectivity index (χ1) is 8.70. The molecule has 0 saturated carbocycles. The molecule has 1 aromatic carbocycles. The van der Waals surface area contributed by atoms with E-state index in [1.54, 1.807) is 6.20 Å². The van der Waals surface area contributed by atoms with E-state index in [4.69, 9.17) is 4.74 Å². The number of ether oxygens (including phenoxy) is 1. The molecule has 1 heterocycles. The van der Waals surface area contributed by atoms with Crippen LogP contribution < -0.4 is 4.74 Å². The van der Waals surface area contributed by atoms with Crippen LogP contribution in [-0.4, -0.2) is 16.1 Å². The van der Waals surface area contributed by atoms with Crippen LogP contribution in [0.25, 0.3) is 11.4 Å². The van der Waals surface area contributed by atoms with Gasteiger partial charge in [0, 0.05) is 18.0 Å². The van der Waals surface area contributed by atoms with Crippen LogP contribution in [0.2, 0.25) is 0 Å². The van der Waals surface area contributed by atoms with Crippen molar-refractivity contribution < 1.29 is 4.74 Å². The fourth-order valence-corrected chi connectivity index (χ4v) is 1.83. The minimum absolute atomic E-state index is 0.169. The number of rotatable bonds is 5. The first-order valence-corrected chi connectivity index (χ1v) is 6.11. The molecule has 1 aromatic heterocycles. The summed E-state index contributed by atoms with van der Waals surface area (Å²) < 4.78 is 5.79. The highest BCUT2D eigenvalue weighted by molar-refractivity contribution is 5.59. The molecule has 3 nitrogen and oxygen atoms in total. The van der Waals surface area contributed by atoms with Gasteiger partial charge in [0.1, 0.15) is 11.6 Å². The molecule has 0 amide bonds. The van der Waals surface area contributed by atoms with Gasteiger partial charge in [-0.05, 0) is 44.0 Å². The molecule has 2 rings (SSSR count). The van der Waals surface area contributed by atoms with Crippen LogP contribution in [0.3, 0.4) is 0 Å². The molecule has 0 spiro atoms. The number of hydrogen-bond donors (Lipinski definition) is 1. The molecule has 0 unspecified atom stereocenters. The van der Waals surface area contributed by atoms with E-state index in [-0.39, 0.29) is 6.10 Å². The Balaban J connectivity index is 2.36. The van der Waals surface area contributed by atoms with E-state index in [0.717, 1.165) is 29.1 Å². The molecular formula is C15H18N2O. The summed E-state index contributed by atoms with van der Waals surface area (Å²) in [5.74, 6) is 1.79. The Hall–Kier alpha value is -2.03. The lowest BCUT2D eigenvalue weighted by molar-refractivity contribution is 0.240. The quantitative estimate of drug-likeness (QED) is 0.813. The van der Waals surface area contributed by atoms with Gasteiger partial charge in [-0.3, -0.25) is 0 Å². The summed E-state index contributed by atoms with van der Waals surface area (Å²) >= 11 is 0. The molecule has 18 heavy (non-hydrogen) atoms. The molecule has 0 aliphatic heterocycles. The Labute approximate surface area is 108 Å². The number of aromatic amines is 1. The van der Waals surface area contributed by atoms with Crippen molar-refractivity contribution in [3.63, 3.8) is 0 Å². The smallest absolute Gasteiger partial charge is 0.137 e. The van der Waals surface area contributed by atoms with Crippen molar-refractivity contribution in [3.05, 3.63) is 48.8 Å². The maximum absolute atomic E-state index is 5.79. The van der Waals surface area contributed by atoms with Gasteiger partial charge in [-0.2, -0.15) is 0 Å². The largest absolute Gasteiger partial charge is 0.491 e. The van der Waals surface area contributed by atoms with Gasteiger partial charge < -0.3 is 9.72 Å². The van der Waals surface area contributed by atoms with E-state index in [0.29, 0.717) is 0 Å². The van der Waals surface area contributed by atoms with Crippen molar-refractivity contribution in [1.82, 2.24) is 9.97 Å².